The van der Waals surface area contributed by atoms with E-state index in [-0.39, 0.29) is 0 Å². The highest BCUT2D eigenvalue weighted by molar-refractivity contribution is 6.30. The summed E-state index contributed by atoms with van der Waals surface area (Å²) in [6, 6.07) is 7.08. The molecule has 1 aromatic rings. The highest BCUT2D eigenvalue weighted by Gasteiger charge is 2.17. The van der Waals surface area contributed by atoms with Gasteiger partial charge in [-0.1, -0.05) is 23.7 Å². The molecule has 0 saturated heterocycles. The fourth-order valence-corrected chi connectivity index (χ4v) is 1.38. The summed E-state index contributed by atoms with van der Waals surface area (Å²) in [6.45, 7) is 2.17. The first-order chi connectivity index (χ1) is 7.13. The molecule has 1 atom stereocenters. The summed E-state index contributed by atoms with van der Waals surface area (Å²) in [5.74, 6) is -0.938. The molecule has 0 bridgehead atoms. The summed E-state index contributed by atoms with van der Waals surface area (Å²) in [4.78, 5) is 10.8. The third kappa shape index (κ3) is 3.90. The lowest BCUT2D eigenvalue weighted by atomic mass is 10.1. The topological polar surface area (TPSA) is 46.5 Å². The Bertz CT molecular complexity index is 321. The molecule has 0 aliphatic carbocycles. The van der Waals surface area contributed by atoms with Crippen LogP contribution in [0.15, 0.2) is 24.3 Å². The van der Waals surface area contributed by atoms with Crippen LogP contribution in [0.4, 0.5) is 0 Å². The molecule has 1 unspecified atom stereocenters. The van der Waals surface area contributed by atoms with Crippen LogP contribution < -0.4 is 0 Å². The molecule has 15 heavy (non-hydrogen) atoms. The molecule has 3 nitrogen and oxygen atoms in total. The van der Waals surface area contributed by atoms with Gasteiger partial charge in [0.1, 0.15) is 0 Å². The molecule has 1 aromatic carbocycles. The minimum absolute atomic E-state index is 0.361. The molecule has 0 spiro atoms. The summed E-state index contributed by atoms with van der Waals surface area (Å²) >= 11 is 5.72. The van der Waals surface area contributed by atoms with Gasteiger partial charge in [-0.2, -0.15) is 0 Å². The molecule has 0 amide bonds. The first-order valence-corrected chi connectivity index (χ1v) is 5.10. The van der Waals surface area contributed by atoms with Gasteiger partial charge in [0, 0.05) is 18.1 Å². The summed E-state index contributed by atoms with van der Waals surface area (Å²) < 4.78 is 5.11. The Morgan fingerprint density at radius 3 is 2.53 bits per heavy atom. The van der Waals surface area contributed by atoms with Gasteiger partial charge in [0.15, 0.2) is 6.10 Å². The van der Waals surface area contributed by atoms with Crippen molar-refractivity contribution < 1.29 is 14.6 Å². The van der Waals surface area contributed by atoms with Crippen LogP contribution in [-0.2, 0) is 16.0 Å². The Hall–Kier alpha value is -1.06. The summed E-state index contributed by atoms with van der Waals surface area (Å²) in [7, 11) is 0. The third-order valence-electron chi connectivity index (χ3n) is 1.98. The Morgan fingerprint density at radius 1 is 1.47 bits per heavy atom. The third-order valence-corrected chi connectivity index (χ3v) is 2.23. The first-order valence-electron chi connectivity index (χ1n) is 4.72. The van der Waals surface area contributed by atoms with Gasteiger partial charge in [-0.25, -0.2) is 4.79 Å². The largest absolute Gasteiger partial charge is 0.479 e. The van der Waals surface area contributed by atoms with E-state index in [1.807, 2.05) is 0 Å². The SMILES string of the molecule is CCOC(Cc1ccc(Cl)cc1)C(=O)O. The minimum atomic E-state index is -0.938. The van der Waals surface area contributed by atoms with Crippen LogP contribution in [0.2, 0.25) is 5.02 Å². The fraction of sp³-hybridized carbons (Fsp3) is 0.364. The molecule has 1 rings (SSSR count). The first kappa shape index (κ1) is 12.0. The Balaban J connectivity index is 2.65. The maximum atomic E-state index is 10.8. The smallest absolute Gasteiger partial charge is 0.333 e. The normalized spacial score (nSPS) is 12.4. The second kappa shape index (κ2) is 5.73. The van der Waals surface area contributed by atoms with Crippen molar-refractivity contribution in [3.63, 3.8) is 0 Å². The average Bonchev–Trinajstić information content (AvgIpc) is 2.20. The lowest BCUT2D eigenvalue weighted by molar-refractivity contribution is -0.149. The molecule has 0 heterocycles. The zero-order chi connectivity index (χ0) is 11.3. The van der Waals surface area contributed by atoms with E-state index in [1.54, 1.807) is 31.2 Å². The maximum absolute atomic E-state index is 10.8. The van der Waals surface area contributed by atoms with Crippen molar-refractivity contribution in [1.29, 1.82) is 0 Å². The number of carbonyl (C=O) groups is 1. The monoisotopic (exact) mass is 228 g/mol. The van der Waals surface area contributed by atoms with Gasteiger partial charge in [0.05, 0.1) is 0 Å². The van der Waals surface area contributed by atoms with Gasteiger partial charge in [-0.15, -0.1) is 0 Å². The van der Waals surface area contributed by atoms with E-state index < -0.39 is 12.1 Å². The van der Waals surface area contributed by atoms with Crippen LogP contribution in [0, 0.1) is 0 Å². The number of hydrogen-bond acceptors (Lipinski definition) is 2. The number of halogens is 1. The summed E-state index contributed by atoms with van der Waals surface area (Å²) in [6.07, 6.45) is -0.420. The molecule has 0 aliphatic rings. The number of ether oxygens (including phenoxy) is 1. The Morgan fingerprint density at radius 2 is 2.07 bits per heavy atom. The second-order valence-electron chi connectivity index (χ2n) is 3.11. The lowest BCUT2D eigenvalue weighted by Crippen LogP contribution is -2.26. The highest BCUT2D eigenvalue weighted by atomic mass is 35.5. The molecule has 0 aliphatic heterocycles. The molecular weight excluding hydrogens is 216 g/mol. The Kier molecular flexibility index (Phi) is 4.59. The molecule has 0 saturated carbocycles. The minimum Gasteiger partial charge on any atom is -0.479 e. The zero-order valence-corrected chi connectivity index (χ0v) is 9.20. The molecule has 0 radical (unpaired) electrons. The molecule has 4 heteroatoms. The van der Waals surface area contributed by atoms with E-state index in [1.165, 1.54) is 0 Å². The van der Waals surface area contributed by atoms with Crippen LogP contribution in [0.1, 0.15) is 12.5 Å². The highest BCUT2D eigenvalue weighted by Crippen LogP contribution is 2.12. The van der Waals surface area contributed by atoms with Gasteiger partial charge in [0.25, 0.3) is 0 Å². The van der Waals surface area contributed by atoms with Crippen LogP contribution in [0.25, 0.3) is 0 Å². The fourth-order valence-electron chi connectivity index (χ4n) is 1.25. The summed E-state index contributed by atoms with van der Waals surface area (Å²) in [5.41, 5.74) is 0.903. The standard InChI is InChI=1S/C11H13ClO3/c1-2-15-10(11(13)14)7-8-3-5-9(12)6-4-8/h3-6,10H,2,7H2,1H3,(H,13,14). The molecule has 0 fully saturated rings. The van der Waals surface area contributed by atoms with Crippen molar-refractivity contribution in [3.8, 4) is 0 Å². The molecular formula is C11H13ClO3. The molecule has 82 valence electrons. The Labute approximate surface area is 93.6 Å². The quantitative estimate of drug-likeness (QED) is 0.842. The van der Waals surface area contributed by atoms with Crippen LogP contribution in [0.3, 0.4) is 0 Å². The second-order valence-corrected chi connectivity index (χ2v) is 3.55. The number of hydrogen-bond donors (Lipinski definition) is 1. The van der Waals surface area contributed by atoms with Gasteiger partial charge in [0.2, 0.25) is 0 Å². The predicted octanol–water partition coefficient (Wildman–Crippen LogP) is 2.37. The van der Waals surface area contributed by atoms with Crippen molar-refractivity contribution in [2.45, 2.75) is 19.4 Å². The molecule has 1 N–H and O–H groups in total. The van der Waals surface area contributed by atoms with Gasteiger partial charge < -0.3 is 9.84 Å². The summed E-state index contributed by atoms with van der Waals surface area (Å²) in [5, 5.41) is 9.51. The number of aliphatic carboxylic acids is 1. The van der Waals surface area contributed by atoms with Gasteiger partial charge >= 0.3 is 5.97 Å². The van der Waals surface area contributed by atoms with Crippen molar-refractivity contribution in [3.05, 3.63) is 34.9 Å². The van der Waals surface area contributed by atoms with E-state index >= 15 is 0 Å². The van der Waals surface area contributed by atoms with E-state index in [9.17, 15) is 4.79 Å². The van der Waals surface area contributed by atoms with Crippen LogP contribution >= 0.6 is 11.6 Å². The maximum Gasteiger partial charge on any atom is 0.333 e. The number of carboxylic acids is 1. The van der Waals surface area contributed by atoms with E-state index in [2.05, 4.69) is 0 Å². The number of rotatable bonds is 5. The van der Waals surface area contributed by atoms with Crippen molar-refractivity contribution >= 4 is 17.6 Å². The zero-order valence-electron chi connectivity index (χ0n) is 8.44. The van der Waals surface area contributed by atoms with Crippen LogP contribution in [0.5, 0.6) is 0 Å². The molecule has 0 aromatic heterocycles. The van der Waals surface area contributed by atoms with E-state index in [4.69, 9.17) is 21.4 Å². The van der Waals surface area contributed by atoms with E-state index in [0.29, 0.717) is 18.1 Å². The van der Waals surface area contributed by atoms with Crippen LogP contribution in [-0.4, -0.2) is 23.8 Å². The van der Waals surface area contributed by atoms with Gasteiger partial charge in [-0.3, -0.25) is 0 Å². The van der Waals surface area contributed by atoms with Crippen molar-refractivity contribution in [2.24, 2.45) is 0 Å². The van der Waals surface area contributed by atoms with Gasteiger partial charge in [-0.05, 0) is 24.6 Å². The van der Waals surface area contributed by atoms with E-state index in [0.717, 1.165) is 5.56 Å². The average molecular weight is 229 g/mol. The van der Waals surface area contributed by atoms with Crippen molar-refractivity contribution in [2.75, 3.05) is 6.61 Å². The lowest BCUT2D eigenvalue weighted by Gasteiger charge is -2.12. The predicted molar refractivity (Wildman–Crippen MR) is 58.2 cm³/mol. The number of benzene rings is 1. The number of carboxylic acid groups (broad SMARTS) is 1. The van der Waals surface area contributed by atoms with Crippen molar-refractivity contribution in [1.82, 2.24) is 0 Å².